The summed E-state index contributed by atoms with van der Waals surface area (Å²) in [7, 11) is 0. The number of benzene rings is 11. The summed E-state index contributed by atoms with van der Waals surface area (Å²) < 4.78 is 2.93. The first kappa shape index (κ1) is 91.1. The van der Waals surface area contributed by atoms with Crippen molar-refractivity contribution in [1.29, 1.82) is 0 Å². The summed E-state index contributed by atoms with van der Waals surface area (Å²) in [5.74, 6) is 1.97. The highest BCUT2D eigenvalue weighted by molar-refractivity contribution is 8.93. The van der Waals surface area contributed by atoms with Gasteiger partial charge < -0.3 is 47.5 Å². The predicted octanol–water partition coefficient (Wildman–Crippen LogP) is 21.3. The van der Waals surface area contributed by atoms with Crippen LogP contribution in [0.15, 0.2) is 254 Å². The number of hydrazine groups is 1. The van der Waals surface area contributed by atoms with Crippen molar-refractivity contribution in [2.45, 2.75) is 156 Å². The zero-order valence-electron chi connectivity index (χ0n) is 71.5. The molecule has 0 unspecified atom stereocenters. The summed E-state index contributed by atoms with van der Waals surface area (Å²) in [4.78, 5) is 71.5. The highest BCUT2D eigenvalue weighted by Crippen LogP contribution is 2.42. The lowest BCUT2D eigenvalue weighted by atomic mass is 9.91. The van der Waals surface area contributed by atoms with E-state index in [0.29, 0.717) is 51.2 Å². The first-order valence-corrected chi connectivity index (χ1v) is 42.8. The number of phenolic OH excluding ortho intramolecular Hbond substituents is 3. The largest absolute Gasteiger partial charge is 0.505 e. The van der Waals surface area contributed by atoms with Crippen molar-refractivity contribution >= 4 is 92.0 Å². The van der Waals surface area contributed by atoms with Crippen molar-refractivity contribution < 1.29 is 49.8 Å². The summed E-state index contributed by atoms with van der Waals surface area (Å²) in [6.07, 6.45) is 24.4. The van der Waals surface area contributed by atoms with E-state index in [1.165, 1.54) is 185 Å². The molecule has 0 spiro atoms. The number of nitrogens with two attached hydrogens (primary N) is 3. The quantitative estimate of drug-likeness (QED) is 0.0158. The molecule has 1 aliphatic heterocycles. The Kier molecular flexibility index (Phi) is 29.9. The molecule has 13 aromatic rings. The van der Waals surface area contributed by atoms with E-state index in [-0.39, 0.29) is 96.4 Å². The number of carboxylic acids is 3. The number of carbonyl (C=O) groups is 4. The molecule has 0 saturated carbocycles. The average Bonchev–Trinajstić information content (AvgIpc) is 1.62. The first-order chi connectivity index (χ1) is 61.4. The summed E-state index contributed by atoms with van der Waals surface area (Å²) >= 11 is 0. The molecule has 6 aliphatic rings. The smallest absolute Gasteiger partial charge is 0.335 e. The minimum Gasteiger partial charge on any atom is -0.505 e. The van der Waals surface area contributed by atoms with Crippen molar-refractivity contribution in [3.05, 3.63) is 323 Å². The molecule has 5 aliphatic carbocycles. The fourth-order valence-corrected chi connectivity index (χ4v) is 16.7. The Morgan fingerprint density at radius 2 is 0.719 bits per heavy atom. The van der Waals surface area contributed by atoms with Gasteiger partial charge in [-0.05, 0) is 337 Å². The lowest BCUT2D eigenvalue weighted by Gasteiger charge is -2.19. The molecular formula is C101H103BrN14O12. The lowest BCUT2D eigenvalue weighted by Crippen LogP contribution is -2.20. The molecule has 2 aromatic heterocycles. The topological polar surface area (TPSA) is 420 Å². The molecule has 0 atom stereocenters. The Morgan fingerprint density at radius 3 is 1.10 bits per heavy atom. The molecule has 1 amide bonds. The number of H-pyrrole nitrogens is 2. The van der Waals surface area contributed by atoms with Gasteiger partial charge in [0.1, 0.15) is 17.1 Å². The molecule has 0 bridgehead atoms. The number of nitrogens with one attached hydrogen (secondary N) is 3. The SMILES string of the molecule is Br.CC1=NN(c2ccc3c(c2)CCCC3)C(=O)C1.Cc1[nH]n(-c2ccc3c(c2)CCCC3)c(=O)c1N=Nc1cccc(-c2cccc(C(=O)O)c2)c1O.Cc1[nH]n(-c2ccc3c(c2)CCCC3)c(=O)c1N=Nc1cccc(-c2cccc(C(=O)O)c2)c1O.NNc1ccc2c(c1)CCCC2.Nc1ccc2c(c1)CCCC2.Nc1cccc(-c2cccc(C(=O)O)c2)c1O. The molecule has 0 fully saturated rings. The second-order valence-electron chi connectivity index (χ2n) is 32.4. The zero-order chi connectivity index (χ0) is 89.4. The third kappa shape index (κ3) is 21.8. The van der Waals surface area contributed by atoms with E-state index in [1.54, 1.807) is 110 Å². The Bertz CT molecular complexity index is 6310. The number of nitrogen functional groups attached to an aromatic ring is 3. The average molecular weight is 1780 g/mol. The number of aromatic carboxylic acids is 3. The number of aromatic hydroxyl groups is 3. The molecule has 0 saturated heterocycles. The van der Waals surface area contributed by atoms with Gasteiger partial charge in [0.05, 0.1) is 57.2 Å². The number of para-hydroxylation sites is 3. The molecule has 3 heterocycles. The number of rotatable bonds is 14. The van der Waals surface area contributed by atoms with Gasteiger partial charge in [-0.25, -0.2) is 28.8 Å². The van der Waals surface area contributed by atoms with Gasteiger partial charge in [0.15, 0.2) is 22.9 Å². The van der Waals surface area contributed by atoms with Crippen LogP contribution in [-0.4, -0.2) is 79.7 Å². The highest BCUT2D eigenvalue weighted by Gasteiger charge is 2.26. The third-order valence-corrected chi connectivity index (χ3v) is 23.5. The van der Waals surface area contributed by atoms with Crippen LogP contribution in [0.1, 0.15) is 176 Å². The number of hydrazone groups is 1. The summed E-state index contributed by atoms with van der Waals surface area (Å²) in [5, 5.41) is 87.4. The molecule has 0 radical (unpaired) electrons. The monoisotopic (exact) mass is 1780 g/mol. The molecule has 15 N–H and O–H groups in total. The molecule has 128 heavy (non-hydrogen) atoms. The van der Waals surface area contributed by atoms with E-state index in [0.717, 1.165) is 79.1 Å². The Balaban J connectivity index is 0.000000139. The van der Waals surface area contributed by atoms with E-state index < -0.39 is 17.9 Å². The summed E-state index contributed by atoms with van der Waals surface area (Å²) in [6, 6.07) is 64.8. The Labute approximate surface area is 750 Å². The number of nitrogens with zero attached hydrogens (tertiary/aromatic N) is 8. The van der Waals surface area contributed by atoms with E-state index in [9.17, 15) is 54.3 Å². The Morgan fingerprint density at radius 1 is 0.383 bits per heavy atom. The minimum absolute atomic E-state index is 0. The van der Waals surface area contributed by atoms with Crippen molar-refractivity contribution in [2.75, 3.05) is 21.9 Å². The molecular weight excluding hydrogens is 1680 g/mol. The van der Waals surface area contributed by atoms with Crippen LogP contribution in [0.4, 0.5) is 45.5 Å². The van der Waals surface area contributed by atoms with Gasteiger partial charge in [-0.15, -0.1) is 37.4 Å². The number of amides is 1. The summed E-state index contributed by atoms with van der Waals surface area (Å²) in [6.45, 7) is 5.40. The van der Waals surface area contributed by atoms with Gasteiger partial charge in [-0.2, -0.15) is 5.10 Å². The van der Waals surface area contributed by atoms with Crippen LogP contribution in [0.2, 0.25) is 0 Å². The van der Waals surface area contributed by atoms with Crippen LogP contribution in [0.25, 0.3) is 44.8 Å². The van der Waals surface area contributed by atoms with Crippen molar-refractivity contribution in [1.82, 2.24) is 19.6 Å². The molecule has 26 nitrogen and oxygen atoms in total. The number of aryl methyl sites for hydroxylation is 12. The number of azo groups is 2. The number of fused-ring (bicyclic) bond motifs is 5. The van der Waals surface area contributed by atoms with Crippen LogP contribution < -0.4 is 38.9 Å². The number of aromatic amines is 2. The van der Waals surface area contributed by atoms with Gasteiger partial charge in [-0.1, -0.05) is 103 Å². The van der Waals surface area contributed by atoms with E-state index >= 15 is 0 Å². The molecule has 27 heteroatoms. The van der Waals surface area contributed by atoms with Crippen LogP contribution in [0, 0.1) is 13.8 Å². The third-order valence-electron chi connectivity index (χ3n) is 23.5. The van der Waals surface area contributed by atoms with E-state index in [2.05, 4.69) is 89.7 Å². The van der Waals surface area contributed by atoms with Crippen LogP contribution in [-0.2, 0) is 69.0 Å². The number of phenols is 3. The standard InChI is InChI=1S/2C27H24N4O4.C14H16N2O.C13H11NO3.C10H14N2.C10H13N.BrH/c2*1-16-24(26(33)31(30-16)21-13-12-17-6-2-3-7-18(17)15-21)29-28-23-11-5-10-22(25(23)32)19-8-4-9-20(14-19)27(34)35;1-10-8-14(17)16(15-10)13-7-6-11-4-2-3-5-12(11)9-13;14-11-6-2-5-10(12(11)15)8-3-1-4-9(7-8)13(16)17;11-12-10-6-5-8-3-1-2-4-9(8)7-10;11-10-6-5-8-3-1-2-4-9(8)7-10;/h2*4-5,8-15,30,32H,2-3,6-7H2,1H3,(H,34,35);6-7,9H,2-5,8H2,1H3;1-7,15H,14H2,(H,16,17);5-7,12H,1-4,11H2;5-7H,1-4,11H2;1H. The summed E-state index contributed by atoms with van der Waals surface area (Å²) in [5.41, 5.74) is 38.0. The normalized spacial score (nSPS) is 13.9. The predicted molar refractivity (Wildman–Crippen MR) is 507 cm³/mol. The number of halogens is 1. The Hall–Kier alpha value is -14.6. The first-order valence-electron chi connectivity index (χ1n) is 42.8. The maximum atomic E-state index is 13.1. The van der Waals surface area contributed by atoms with E-state index in [4.69, 9.17) is 22.4 Å². The number of hydrogen-bond acceptors (Lipinski definition) is 18. The lowest BCUT2D eigenvalue weighted by molar-refractivity contribution is -0.116. The van der Waals surface area contributed by atoms with E-state index in [1.807, 2.05) is 49.4 Å². The fourth-order valence-electron chi connectivity index (χ4n) is 16.7. The van der Waals surface area contributed by atoms with Crippen LogP contribution in [0.3, 0.4) is 0 Å². The van der Waals surface area contributed by atoms with Gasteiger partial charge >= 0.3 is 17.9 Å². The maximum absolute atomic E-state index is 13.1. The fraction of sp³-hybridized carbons (Fsp3) is 0.238. The van der Waals surface area contributed by atoms with Crippen molar-refractivity contribution in [3.63, 3.8) is 0 Å². The number of carbonyl (C=O) groups excluding carboxylic acids is 1. The molecule has 19 rings (SSSR count). The van der Waals surface area contributed by atoms with Crippen molar-refractivity contribution in [2.24, 2.45) is 31.4 Å². The van der Waals surface area contributed by atoms with Gasteiger partial charge in [0.2, 0.25) is 0 Å². The molecule has 656 valence electrons. The number of carboxylic acid groups (broad SMARTS) is 3. The minimum atomic E-state index is -1.06. The zero-order valence-corrected chi connectivity index (χ0v) is 73.2. The number of anilines is 4. The number of hydrogen-bond donors (Lipinski definition) is 12. The van der Waals surface area contributed by atoms with Crippen molar-refractivity contribution in [3.8, 4) is 62.0 Å². The van der Waals surface area contributed by atoms with Crippen LogP contribution >= 0.6 is 17.0 Å². The van der Waals surface area contributed by atoms with Crippen LogP contribution in [0.5, 0.6) is 17.2 Å². The van der Waals surface area contributed by atoms with Gasteiger partial charge in [0.25, 0.3) is 17.0 Å². The second-order valence-corrected chi connectivity index (χ2v) is 32.4. The number of aromatic nitrogens is 4. The van der Waals surface area contributed by atoms with Gasteiger partial charge in [0, 0.05) is 33.8 Å². The second kappa shape index (κ2) is 41.9. The highest BCUT2D eigenvalue weighted by atomic mass is 79.9. The van der Waals surface area contributed by atoms with Gasteiger partial charge in [-0.3, -0.25) is 30.4 Å². The molecule has 11 aromatic carbocycles. The maximum Gasteiger partial charge on any atom is 0.335 e.